The summed E-state index contributed by atoms with van der Waals surface area (Å²) in [6.07, 6.45) is 12.3. The van der Waals surface area contributed by atoms with Crippen molar-refractivity contribution < 1.29 is 0 Å². The third-order valence-corrected chi connectivity index (χ3v) is 4.69. The van der Waals surface area contributed by atoms with Crippen LogP contribution in [-0.2, 0) is 0 Å². The first-order valence-corrected chi connectivity index (χ1v) is 7.88. The van der Waals surface area contributed by atoms with Crippen molar-refractivity contribution in [2.24, 2.45) is 11.7 Å². The summed E-state index contributed by atoms with van der Waals surface area (Å²) in [4.78, 5) is 11.8. The van der Waals surface area contributed by atoms with Gasteiger partial charge in [0.25, 0.3) is 0 Å². The minimum atomic E-state index is 0.458. The second-order valence-corrected chi connectivity index (χ2v) is 6.09. The number of nitrogens with one attached hydrogen (secondary N) is 1. The van der Waals surface area contributed by atoms with E-state index in [1.165, 1.54) is 19.3 Å². The Hall–Kier alpha value is -2.21. The Morgan fingerprint density at radius 2 is 2.27 bits per heavy atom. The molecule has 0 spiro atoms. The number of nitrogens with zero attached hydrogens (tertiary/aromatic N) is 4. The molecule has 6 nitrogen and oxygen atoms in total. The lowest BCUT2D eigenvalue weighted by Crippen LogP contribution is -2.24. The van der Waals surface area contributed by atoms with Gasteiger partial charge in [0.2, 0.25) is 0 Å². The highest BCUT2D eigenvalue weighted by Gasteiger charge is 2.23. The second-order valence-electron chi connectivity index (χ2n) is 6.09. The molecular formula is C16H20N6. The van der Waals surface area contributed by atoms with E-state index >= 15 is 0 Å². The average Bonchev–Trinajstić information content (AvgIpc) is 3.23. The van der Waals surface area contributed by atoms with E-state index in [-0.39, 0.29) is 0 Å². The Balaban J connectivity index is 1.65. The second kappa shape index (κ2) is 5.53. The van der Waals surface area contributed by atoms with E-state index in [0.29, 0.717) is 12.0 Å². The number of nitrogens with two attached hydrogens (primary N) is 1. The molecule has 0 radical (unpaired) electrons. The fourth-order valence-corrected chi connectivity index (χ4v) is 3.48. The Labute approximate surface area is 128 Å². The van der Waals surface area contributed by atoms with Crippen molar-refractivity contribution in [1.29, 1.82) is 0 Å². The van der Waals surface area contributed by atoms with Gasteiger partial charge in [0.1, 0.15) is 12.0 Å². The number of hydrogen-bond acceptors (Lipinski definition) is 4. The largest absolute Gasteiger partial charge is 0.346 e. The summed E-state index contributed by atoms with van der Waals surface area (Å²) in [5, 5.41) is 5.61. The van der Waals surface area contributed by atoms with Gasteiger partial charge in [0, 0.05) is 23.3 Å². The molecule has 3 aromatic rings. The number of hydrogen-bond donors (Lipinski definition) is 2. The maximum Gasteiger partial charge on any atom is 0.141 e. The summed E-state index contributed by atoms with van der Waals surface area (Å²) in [6.45, 7) is 0.778. The summed E-state index contributed by atoms with van der Waals surface area (Å²) >= 11 is 0. The Bertz CT molecular complexity index is 774. The molecule has 2 atom stereocenters. The molecular weight excluding hydrogens is 276 g/mol. The normalized spacial score (nSPS) is 22.2. The van der Waals surface area contributed by atoms with Crippen LogP contribution in [-0.4, -0.2) is 31.3 Å². The molecule has 22 heavy (non-hydrogen) atoms. The monoisotopic (exact) mass is 296 g/mol. The lowest BCUT2D eigenvalue weighted by Gasteiger charge is -2.28. The number of H-pyrrole nitrogens is 1. The molecule has 1 aliphatic rings. The Morgan fingerprint density at radius 1 is 1.32 bits per heavy atom. The predicted octanol–water partition coefficient (Wildman–Crippen LogP) is 2.51. The van der Waals surface area contributed by atoms with Crippen molar-refractivity contribution in [2.45, 2.75) is 31.7 Å². The number of rotatable bonds is 3. The topological polar surface area (TPSA) is 85.4 Å². The first kappa shape index (κ1) is 13.5. The molecule has 0 aliphatic heterocycles. The minimum Gasteiger partial charge on any atom is -0.346 e. The van der Waals surface area contributed by atoms with E-state index in [1.54, 1.807) is 6.33 Å². The lowest BCUT2D eigenvalue weighted by molar-refractivity contribution is 0.257. The van der Waals surface area contributed by atoms with Crippen LogP contribution < -0.4 is 5.73 Å². The van der Waals surface area contributed by atoms with Gasteiger partial charge in [-0.1, -0.05) is 6.42 Å². The highest BCUT2D eigenvalue weighted by Crippen LogP contribution is 2.33. The SMILES string of the molecule is NCC1CCCC(n2cc(-c3ncnc4[nH]ccc34)cn2)C1. The van der Waals surface area contributed by atoms with E-state index < -0.39 is 0 Å². The fraction of sp³-hybridized carbons (Fsp3) is 0.438. The number of fused-ring (bicyclic) bond motifs is 1. The maximum atomic E-state index is 5.84. The van der Waals surface area contributed by atoms with Crippen molar-refractivity contribution in [3.05, 3.63) is 31.0 Å². The molecule has 0 aromatic carbocycles. The lowest BCUT2D eigenvalue weighted by atomic mass is 9.86. The van der Waals surface area contributed by atoms with E-state index in [2.05, 4.69) is 30.9 Å². The highest BCUT2D eigenvalue weighted by molar-refractivity contribution is 5.89. The Morgan fingerprint density at radius 3 is 3.18 bits per heavy atom. The first-order valence-electron chi connectivity index (χ1n) is 7.88. The van der Waals surface area contributed by atoms with Crippen LogP contribution in [0.2, 0.25) is 0 Å². The van der Waals surface area contributed by atoms with Crippen molar-refractivity contribution in [3.8, 4) is 11.3 Å². The standard InChI is InChI=1S/C16H20N6/c17-7-11-2-1-3-13(6-11)22-9-12(8-21-22)15-14-4-5-18-16(14)20-10-19-15/h4-5,8-11,13H,1-3,6-7,17H2,(H,18,19,20). The molecule has 0 amide bonds. The molecule has 2 unspecified atom stereocenters. The van der Waals surface area contributed by atoms with Gasteiger partial charge in [-0.2, -0.15) is 5.10 Å². The van der Waals surface area contributed by atoms with Crippen LogP contribution in [0.25, 0.3) is 22.3 Å². The van der Waals surface area contributed by atoms with Crippen LogP contribution in [0.4, 0.5) is 0 Å². The van der Waals surface area contributed by atoms with Gasteiger partial charge < -0.3 is 10.7 Å². The zero-order valence-electron chi connectivity index (χ0n) is 12.4. The van der Waals surface area contributed by atoms with Crippen LogP contribution in [0.15, 0.2) is 31.0 Å². The molecule has 4 rings (SSSR count). The molecule has 1 saturated carbocycles. The van der Waals surface area contributed by atoms with Crippen molar-refractivity contribution in [3.63, 3.8) is 0 Å². The van der Waals surface area contributed by atoms with Gasteiger partial charge in [-0.15, -0.1) is 0 Å². The quantitative estimate of drug-likeness (QED) is 0.777. The summed E-state index contributed by atoms with van der Waals surface area (Å²) in [7, 11) is 0. The molecule has 6 heteroatoms. The van der Waals surface area contributed by atoms with Crippen LogP contribution >= 0.6 is 0 Å². The molecule has 0 saturated heterocycles. The molecule has 3 aromatic heterocycles. The van der Waals surface area contributed by atoms with Gasteiger partial charge in [0.05, 0.1) is 17.9 Å². The summed E-state index contributed by atoms with van der Waals surface area (Å²) in [6, 6.07) is 2.46. The molecule has 1 aliphatic carbocycles. The van der Waals surface area contributed by atoms with Crippen LogP contribution in [0.1, 0.15) is 31.7 Å². The zero-order chi connectivity index (χ0) is 14.9. The van der Waals surface area contributed by atoms with Gasteiger partial charge in [-0.3, -0.25) is 4.68 Å². The first-order chi connectivity index (χ1) is 10.8. The molecule has 1 fully saturated rings. The van der Waals surface area contributed by atoms with Crippen LogP contribution in [0.3, 0.4) is 0 Å². The highest BCUT2D eigenvalue weighted by atomic mass is 15.3. The molecule has 0 bridgehead atoms. The summed E-state index contributed by atoms with van der Waals surface area (Å²) in [5.74, 6) is 0.627. The van der Waals surface area contributed by atoms with Gasteiger partial charge in [-0.25, -0.2) is 9.97 Å². The van der Waals surface area contributed by atoms with E-state index in [9.17, 15) is 0 Å². The number of aromatic nitrogens is 5. The summed E-state index contributed by atoms with van der Waals surface area (Å²) < 4.78 is 2.09. The number of aromatic amines is 1. The summed E-state index contributed by atoms with van der Waals surface area (Å²) in [5.41, 5.74) is 8.68. The van der Waals surface area contributed by atoms with E-state index in [0.717, 1.165) is 35.3 Å². The third kappa shape index (κ3) is 2.29. The minimum absolute atomic E-state index is 0.458. The van der Waals surface area contributed by atoms with E-state index in [1.807, 2.05) is 18.5 Å². The van der Waals surface area contributed by atoms with E-state index in [4.69, 9.17) is 5.73 Å². The van der Waals surface area contributed by atoms with Gasteiger partial charge >= 0.3 is 0 Å². The molecule has 3 N–H and O–H groups in total. The van der Waals surface area contributed by atoms with Crippen molar-refractivity contribution >= 4 is 11.0 Å². The third-order valence-electron chi connectivity index (χ3n) is 4.69. The van der Waals surface area contributed by atoms with Gasteiger partial charge in [-0.05, 0) is 37.8 Å². The fourth-order valence-electron chi connectivity index (χ4n) is 3.48. The van der Waals surface area contributed by atoms with Crippen LogP contribution in [0.5, 0.6) is 0 Å². The van der Waals surface area contributed by atoms with Crippen molar-refractivity contribution in [2.75, 3.05) is 6.54 Å². The predicted molar refractivity (Wildman–Crippen MR) is 85.2 cm³/mol. The van der Waals surface area contributed by atoms with Crippen molar-refractivity contribution in [1.82, 2.24) is 24.7 Å². The van der Waals surface area contributed by atoms with Crippen LogP contribution in [0, 0.1) is 5.92 Å². The zero-order valence-corrected chi connectivity index (χ0v) is 12.4. The molecule has 3 heterocycles. The average molecular weight is 296 g/mol. The van der Waals surface area contributed by atoms with Gasteiger partial charge in [0.15, 0.2) is 0 Å². The molecule has 114 valence electrons. The smallest absolute Gasteiger partial charge is 0.141 e. The Kier molecular flexibility index (Phi) is 3.38. The maximum absolute atomic E-state index is 5.84.